The Bertz CT molecular complexity index is 790. The molecule has 0 aliphatic carbocycles. The van der Waals surface area contributed by atoms with E-state index in [4.69, 9.17) is 0 Å². The van der Waals surface area contributed by atoms with Gasteiger partial charge in [-0.2, -0.15) is 0 Å². The summed E-state index contributed by atoms with van der Waals surface area (Å²) in [5.41, 5.74) is 3.71. The lowest BCUT2D eigenvalue weighted by Crippen LogP contribution is -2.29. The zero-order valence-electron chi connectivity index (χ0n) is 15.9. The van der Waals surface area contributed by atoms with Crippen molar-refractivity contribution >= 4 is 28.5 Å². The quantitative estimate of drug-likeness (QED) is 0.741. The van der Waals surface area contributed by atoms with Gasteiger partial charge in [0.1, 0.15) is 0 Å². The molecule has 1 amide bonds. The Kier molecular flexibility index (Phi) is 6.74. The number of halogens is 1. The van der Waals surface area contributed by atoms with Crippen molar-refractivity contribution in [2.24, 2.45) is 0 Å². The summed E-state index contributed by atoms with van der Waals surface area (Å²) >= 11 is 1.58. The maximum absolute atomic E-state index is 12.4. The Hall–Kier alpha value is -2.05. The fraction of sp³-hybridized carbons (Fsp3) is 0.429. The average Bonchev–Trinajstić information content (AvgIpc) is 3.13. The molecule has 0 atom stereocenters. The van der Waals surface area contributed by atoms with Crippen LogP contribution in [0.15, 0.2) is 36.0 Å². The minimum atomic E-state index is -0.303. The third kappa shape index (κ3) is 5.47. The summed E-state index contributed by atoms with van der Waals surface area (Å²) in [6.45, 7) is 4.19. The van der Waals surface area contributed by atoms with Crippen LogP contribution in [-0.2, 0) is 17.8 Å². The van der Waals surface area contributed by atoms with Crippen LogP contribution in [0.5, 0.6) is 0 Å². The van der Waals surface area contributed by atoms with Crippen LogP contribution in [-0.4, -0.2) is 42.6 Å². The molecule has 0 spiro atoms. The number of carbonyl (C=O) groups excluding carboxylic acids is 1. The largest absolute Gasteiger partial charge is 0.298 e. The van der Waals surface area contributed by atoms with E-state index in [1.807, 2.05) is 18.3 Å². The number of hydrogen-bond donors (Lipinski definition) is 0. The fourth-order valence-electron chi connectivity index (χ4n) is 3.15. The Morgan fingerprint density at radius 1 is 1.30 bits per heavy atom. The van der Waals surface area contributed by atoms with Gasteiger partial charge in [0.15, 0.2) is 5.13 Å². The van der Waals surface area contributed by atoms with Crippen molar-refractivity contribution in [2.75, 3.05) is 31.7 Å². The minimum absolute atomic E-state index is 0.00128. The number of benzene rings is 1. The first-order valence-corrected chi connectivity index (χ1v) is 10.1. The topological polar surface area (TPSA) is 36.4 Å². The second-order valence-electron chi connectivity index (χ2n) is 6.95. The first kappa shape index (κ1) is 19.7. The molecule has 1 aliphatic rings. The summed E-state index contributed by atoms with van der Waals surface area (Å²) in [6, 6.07) is 8.19. The number of amides is 1. The molecule has 0 N–H and O–H groups in total. The molecule has 1 saturated heterocycles. The monoisotopic (exact) mass is 387 g/mol. The molecule has 0 unspecified atom stereocenters. The Morgan fingerprint density at radius 3 is 2.63 bits per heavy atom. The molecule has 6 heteroatoms. The van der Waals surface area contributed by atoms with E-state index in [-0.39, 0.29) is 12.6 Å². The van der Waals surface area contributed by atoms with Gasteiger partial charge in [0.05, 0.1) is 6.67 Å². The lowest BCUT2D eigenvalue weighted by atomic mass is 10.00. The highest BCUT2D eigenvalue weighted by atomic mass is 32.1. The van der Waals surface area contributed by atoms with Crippen molar-refractivity contribution in [1.29, 1.82) is 0 Å². The van der Waals surface area contributed by atoms with Crippen LogP contribution in [0, 0.1) is 0 Å². The number of aryl methyl sites for hydroxylation is 1. The summed E-state index contributed by atoms with van der Waals surface area (Å²) in [5, 5.41) is 0.756. The highest BCUT2D eigenvalue weighted by molar-refractivity contribution is 7.15. The van der Waals surface area contributed by atoms with E-state index in [1.54, 1.807) is 30.2 Å². The van der Waals surface area contributed by atoms with Gasteiger partial charge in [0.25, 0.3) is 0 Å². The van der Waals surface area contributed by atoms with Crippen molar-refractivity contribution in [3.63, 3.8) is 0 Å². The van der Waals surface area contributed by atoms with Gasteiger partial charge >= 0.3 is 0 Å². The van der Waals surface area contributed by atoms with Gasteiger partial charge in [-0.3, -0.25) is 19.0 Å². The predicted octanol–water partition coefficient (Wildman–Crippen LogP) is 4.32. The smallest absolute Gasteiger partial charge is 0.225 e. The number of aromatic nitrogens is 1. The standard InChI is InChI=1S/C21H26FN3OS/c1-16(26)24(2)21-23-14-20(27-21)15-25-11-8-19(9-12-25)13-18-5-3-17(4-6-18)7-10-22/h3-6,13-14H,7-12,15H2,1-2H3. The third-order valence-electron chi connectivity index (χ3n) is 4.91. The van der Waals surface area contributed by atoms with Gasteiger partial charge in [-0.1, -0.05) is 35.9 Å². The zero-order valence-corrected chi connectivity index (χ0v) is 16.8. The molecule has 1 aromatic heterocycles. The molecular formula is C21H26FN3OS. The molecule has 2 aromatic rings. The molecular weight excluding hydrogens is 361 g/mol. The van der Waals surface area contributed by atoms with E-state index in [9.17, 15) is 9.18 Å². The maximum Gasteiger partial charge on any atom is 0.225 e. The van der Waals surface area contributed by atoms with Crippen LogP contribution in [0.3, 0.4) is 0 Å². The first-order chi connectivity index (χ1) is 13.0. The molecule has 1 fully saturated rings. The lowest BCUT2D eigenvalue weighted by Gasteiger charge is -2.27. The lowest BCUT2D eigenvalue weighted by molar-refractivity contribution is -0.116. The molecule has 0 bridgehead atoms. The van der Waals surface area contributed by atoms with Crippen molar-refractivity contribution in [1.82, 2.24) is 9.88 Å². The molecule has 2 heterocycles. The van der Waals surface area contributed by atoms with Gasteiger partial charge < -0.3 is 0 Å². The Labute approximate surface area is 164 Å². The molecule has 3 rings (SSSR count). The number of thiazole rings is 1. The van der Waals surface area contributed by atoms with E-state index >= 15 is 0 Å². The predicted molar refractivity (Wildman–Crippen MR) is 110 cm³/mol. The molecule has 0 radical (unpaired) electrons. The fourth-order valence-corrected chi connectivity index (χ4v) is 4.11. The van der Waals surface area contributed by atoms with E-state index in [1.165, 1.54) is 16.0 Å². The molecule has 1 aliphatic heterocycles. The van der Waals surface area contributed by atoms with Crippen LogP contribution < -0.4 is 4.90 Å². The number of piperidine rings is 1. The zero-order chi connectivity index (χ0) is 19.2. The second-order valence-corrected chi connectivity index (χ2v) is 8.04. The van der Waals surface area contributed by atoms with E-state index < -0.39 is 0 Å². The molecule has 0 saturated carbocycles. The maximum atomic E-state index is 12.4. The molecule has 144 valence electrons. The van der Waals surface area contributed by atoms with E-state index in [0.717, 1.165) is 43.2 Å². The number of rotatable bonds is 6. The number of nitrogens with zero attached hydrogens (tertiary/aromatic N) is 3. The molecule has 1 aromatic carbocycles. The van der Waals surface area contributed by atoms with Crippen LogP contribution in [0.4, 0.5) is 9.52 Å². The molecule has 4 nitrogen and oxygen atoms in total. The number of hydrogen-bond acceptors (Lipinski definition) is 4. The van der Waals surface area contributed by atoms with Gasteiger partial charge in [-0.05, 0) is 24.0 Å². The first-order valence-electron chi connectivity index (χ1n) is 9.31. The highest BCUT2D eigenvalue weighted by Gasteiger charge is 2.16. The van der Waals surface area contributed by atoms with Gasteiger partial charge in [0.2, 0.25) is 5.91 Å². The van der Waals surface area contributed by atoms with E-state index in [2.05, 4.69) is 28.1 Å². The SMILES string of the molecule is CC(=O)N(C)c1ncc(CN2CCC(=Cc3ccc(CCF)cc3)CC2)s1. The van der Waals surface area contributed by atoms with Crippen LogP contribution in [0.2, 0.25) is 0 Å². The van der Waals surface area contributed by atoms with Crippen LogP contribution in [0.1, 0.15) is 35.8 Å². The Balaban J connectivity index is 1.52. The van der Waals surface area contributed by atoms with Gasteiger partial charge in [0, 0.05) is 51.1 Å². The highest BCUT2D eigenvalue weighted by Crippen LogP contribution is 2.25. The normalized spacial score (nSPS) is 15.0. The summed E-state index contributed by atoms with van der Waals surface area (Å²) in [5.74, 6) is 0.00128. The van der Waals surface area contributed by atoms with Crippen molar-refractivity contribution in [2.45, 2.75) is 32.7 Å². The summed E-state index contributed by atoms with van der Waals surface area (Å²) in [6.07, 6.45) is 6.76. The molecule has 27 heavy (non-hydrogen) atoms. The van der Waals surface area contributed by atoms with Crippen LogP contribution in [0.25, 0.3) is 6.08 Å². The van der Waals surface area contributed by atoms with Gasteiger partial charge in [-0.15, -0.1) is 11.3 Å². The minimum Gasteiger partial charge on any atom is -0.298 e. The Morgan fingerprint density at radius 2 is 2.00 bits per heavy atom. The number of likely N-dealkylation sites (tertiary alicyclic amines) is 1. The number of anilines is 1. The van der Waals surface area contributed by atoms with Crippen LogP contribution >= 0.6 is 11.3 Å². The van der Waals surface area contributed by atoms with Gasteiger partial charge in [-0.25, -0.2) is 4.98 Å². The van der Waals surface area contributed by atoms with Crippen molar-refractivity contribution in [3.8, 4) is 0 Å². The van der Waals surface area contributed by atoms with Crippen molar-refractivity contribution in [3.05, 3.63) is 52.0 Å². The second kappa shape index (κ2) is 9.24. The number of carbonyl (C=O) groups is 1. The summed E-state index contributed by atoms with van der Waals surface area (Å²) < 4.78 is 12.4. The van der Waals surface area contributed by atoms with E-state index in [0.29, 0.717) is 6.42 Å². The summed E-state index contributed by atoms with van der Waals surface area (Å²) in [7, 11) is 1.76. The average molecular weight is 388 g/mol. The number of alkyl halides is 1. The third-order valence-corrected chi connectivity index (χ3v) is 5.97. The summed E-state index contributed by atoms with van der Waals surface area (Å²) in [4.78, 5) is 21.0. The van der Waals surface area contributed by atoms with Crippen molar-refractivity contribution < 1.29 is 9.18 Å².